The fourth-order valence-electron chi connectivity index (χ4n) is 4.03. The van der Waals surface area contributed by atoms with E-state index >= 15 is 0 Å². The van der Waals surface area contributed by atoms with Gasteiger partial charge in [0.15, 0.2) is 0 Å². The van der Waals surface area contributed by atoms with Crippen LogP contribution in [0.3, 0.4) is 0 Å². The molecule has 4 nitrogen and oxygen atoms in total. The molecule has 1 N–H and O–H groups in total. The average molecular weight is 324 g/mol. The molecule has 4 saturated heterocycles. The van der Waals surface area contributed by atoms with Gasteiger partial charge in [0.25, 0.3) is 0 Å². The van der Waals surface area contributed by atoms with Crippen molar-refractivity contribution in [1.29, 1.82) is 0 Å². The summed E-state index contributed by atoms with van der Waals surface area (Å²) in [4.78, 5) is 7.33. The van der Waals surface area contributed by atoms with Gasteiger partial charge in [0, 0.05) is 29.5 Å². The standard InChI is InChI=1S/C14H18BrN3O/c15-12-3-1-11(2-4-12)13(19)14-5-16-8-17(6-14)10-18(7-14)9-16/h1-4,13,19H,5-10H2/t13-/m0/s1. The van der Waals surface area contributed by atoms with Crippen LogP contribution in [-0.4, -0.2) is 59.4 Å². The SMILES string of the molecule is O[C@@H](c1ccc(Br)cc1)C12CN3CN(CN(C3)C1)C2. The highest BCUT2D eigenvalue weighted by Gasteiger charge is 2.52. The predicted molar refractivity (Wildman–Crippen MR) is 76.3 cm³/mol. The Labute approximate surface area is 121 Å². The first-order valence-corrected chi connectivity index (χ1v) is 7.55. The van der Waals surface area contributed by atoms with Gasteiger partial charge in [-0.1, -0.05) is 28.1 Å². The highest BCUT2D eigenvalue weighted by molar-refractivity contribution is 9.10. The summed E-state index contributed by atoms with van der Waals surface area (Å²) in [6, 6.07) is 8.10. The van der Waals surface area contributed by atoms with E-state index in [0.717, 1.165) is 49.7 Å². The van der Waals surface area contributed by atoms with Crippen molar-refractivity contribution >= 4 is 15.9 Å². The third-order valence-corrected chi connectivity index (χ3v) is 5.11. The highest BCUT2D eigenvalue weighted by atomic mass is 79.9. The molecule has 0 radical (unpaired) electrons. The summed E-state index contributed by atoms with van der Waals surface area (Å²) < 4.78 is 1.06. The molecule has 0 unspecified atom stereocenters. The number of hydrogen-bond donors (Lipinski definition) is 1. The number of aliphatic hydroxyl groups excluding tert-OH is 1. The lowest BCUT2D eigenvalue weighted by atomic mass is 9.74. The Morgan fingerprint density at radius 1 is 0.947 bits per heavy atom. The fourth-order valence-corrected chi connectivity index (χ4v) is 4.29. The molecule has 0 amide bonds. The maximum Gasteiger partial charge on any atom is 0.0883 e. The van der Waals surface area contributed by atoms with E-state index in [-0.39, 0.29) is 11.5 Å². The van der Waals surface area contributed by atoms with Crippen LogP contribution >= 0.6 is 15.9 Å². The molecule has 102 valence electrons. The molecule has 4 aliphatic rings. The van der Waals surface area contributed by atoms with Crippen LogP contribution in [0.5, 0.6) is 0 Å². The summed E-state index contributed by atoms with van der Waals surface area (Å²) in [5.41, 5.74) is 1.01. The number of aliphatic hydroxyl groups is 1. The molecule has 19 heavy (non-hydrogen) atoms. The van der Waals surface area contributed by atoms with Crippen LogP contribution in [0, 0.1) is 5.41 Å². The zero-order valence-electron chi connectivity index (χ0n) is 10.8. The Bertz CT molecular complexity index is 455. The van der Waals surface area contributed by atoms with Gasteiger partial charge in [-0.05, 0) is 17.7 Å². The molecule has 0 saturated carbocycles. The van der Waals surface area contributed by atoms with Crippen LogP contribution < -0.4 is 0 Å². The Morgan fingerprint density at radius 3 is 1.89 bits per heavy atom. The largest absolute Gasteiger partial charge is 0.388 e. The van der Waals surface area contributed by atoms with Crippen molar-refractivity contribution in [2.75, 3.05) is 39.6 Å². The van der Waals surface area contributed by atoms with Crippen molar-refractivity contribution in [3.05, 3.63) is 34.3 Å². The average Bonchev–Trinajstić information content (AvgIpc) is 2.37. The van der Waals surface area contributed by atoms with E-state index in [4.69, 9.17) is 0 Å². The summed E-state index contributed by atoms with van der Waals surface area (Å²) in [7, 11) is 0. The van der Waals surface area contributed by atoms with Gasteiger partial charge < -0.3 is 5.11 Å². The molecule has 5 rings (SSSR count). The zero-order chi connectivity index (χ0) is 13.0. The van der Waals surface area contributed by atoms with E-state index in [2.05, 4.69) is 30.6 Å². The smallest absolute Gasteiger partial charge is 0.0883 e. The van der Waals surface area contributed by atoms with Crippen molar-refractivity contribution in [1.82, 2.24) is 14.7 Å². The Kier molecular flexibility index (Phi) is 2.76. The molecule has 1 aromatic carbocycles. The summed E-state index contributed by atoms with van der Waals surface area (Å²) in [5, 5.41) is 10.9. The fraction of sp³-hybridized carbons (Fsp3) is 0.571. The monoisotopic (exact) mass is 323 g/mol. The van der Waals surface area contributed by atoms with Gasteiger partial charge >= 0.3 is 0 Å². The van der Waals surface area contributed by atoms with Crippen LogP contribution in [0.2, 0.25) is 0 Å². The van der Waals surface area contributed by atoms with Crippen molar-refractivity contribution in [2.24, 2.45) is 5.41 Å². The Balaban J connectivity index is 1.65. The van der Waals surface area contributed by atoms with E-state index in [0.29, 0.717) is 0 Å². The molecule has 0 aliphatic carbocycles. The van der Waals surface area contributed by atoms with E-state index in [9.17, 15) is 5.11 Å². The second-order valence-corrected chi connectivity index (χ2v) is 7.14. The third-order valence-electron chi connectivity index (χ3n) is 4.58. The minimum absolute atomic E-state index is 0.0252. The van der Waals surface area contributed by atoms with Crippen molar-refractivity contribution < 1.29 is 5.11 Å². The topological polar surface area (TPSA) is 30.0 Å². The molecular weight excluding hydrogens is 306 g/mol. The lowest BCUT2D eigenvalue weighted by molar-refractivity contribution is -0.204. The number of nitrogens with zero attached hydrogens (tertiary/aromatic N) is 3. The molecule has 0 aromatic heterocycles. The van der Waals surface area contributed by atoms with Crippen molar-refractivity contribution in [2.45, 2.75) is 6.10 Å². The first-order valence-electron chi connectivity index (χ1n) is 6.75. The Hall–Kier alpha value is -0.460. The molecule has 4 bridgehead atoms. The number of rotatable bonds is 2. The number of benzene rings is 1. The van der Waals surface area contributed by atoms with E-state index in [1.165, 1.54) is 0 Å². The van der Waals surface area contributed by atoms with Crippen molar-refractivity contribution in [3.63, 3.8) is 0 Å². The minimum atomic E-state index is -0.381. The van der Waals surface area contributed by atoms with Gasteiger partial charge in [-0.25, -0.2) is 0 Å². The normalized spacial score (nSPS) is 41.5. The maximum absolute atomic E-state index is 10.9. The van der Waals surface area contributed by atoms with Gasteiger partial charge in [0.2, 0.25) is 0 Å². The zero-order valence-corrected chi connectivity index (χ0v) is 12.4. The minimum Gasteiger partial charge on any atom is -0.388 e. The van der Waals surface area contributed by atoms with Gasteiger partial charge in [0.1, 0.15) is 0 Å². The lowest BCUT2D eigenvalue weighted by Crippen LogP contribution is -2.73. The quantitative estimate of drug-likeness (QED) is 0.888. The molecule has 4 aliphatic heterocycles. The molecular formula is C14H18BrN3O. The number of halogens is 1. The predicted octanol–water partition coefficient (Wildman–Crippen LogP) is 1.29. The van der Waals surface area contributed by atoms with E-state index in [1.54, 1.807) is 0 Å². The summed E-state index contributed by atoms with van der Waals surface area (Å²) in [5.74, 6) is 0. The first-order chi connectivity index (χ1) is 9.14. The number of hydrogen-bond acceptors (Lipinski definition) is 4. The van der Waals surface area contributed by atoms with Gasteiger partial charge in [-0.3, -0.25) is 14.7 Å². The summed E-state index contributed by atoms with van der Waals surface area (Å²) >= 11 is 3.45. The molecule has 5 heteroatoms. The molecule has 1 aromatic rings. The summed E-state index contributed by atoms with van der Waals surface area (Å²) in [6.07, 6.45) is -0.381. The van der Waals surface area contributed by atoms with E-state index < -0.39 is 0 Å². The van der Waals surface area contributed by atoms with Crippen LogP contribution in [0.4, 0.5) is 0 Å². The van der Waals surface area contributed by atoms with Gasteiger partial charge in [0.05, 0.1) is 26.1 Å². The Morgan fingerprint density at radius 2 is 1.42 bits per heavy atom. The summed E-state index contributed by atoms with van der Waals surface area (Å²) in [6.45, 7) is 6.22. The first kappa shape index (κ1) is 12.3. The van der Waals surface area contributed by atoms with E-state index in [1.807, 2.05) is 24.3 Å². The molecule has 4 fully saturated rings. The maximum atomic E-state index is 10.9. The van der Waals surface area contributed by atoms with Crippen LogP contribution in [0.25, 0.3) is 0 Å². The molecule has 0 spiro atoms. The highest BCUT2D eigenvalue weighted by Crippen LogP contribution is 2.44. The second kappa shape index (κ2) is 4.27. The lowest BCUT2D eigenvalue weighted by Gasteiger charge is -2.61. The molecule has 1 atom stereocenters. The van der Waals surface area contributed by atoms with Gasteiger partial charge in [-0.15, -0.1) is 0 Å². The third kappa shape index (κ3) is 1.96. The van der Waals surface area contributed by atoms with Crippen LogP contribution in [0.1, 0.15) is 11.7 Å². The van der Waals surface area contributed by atoms with Gasteiger partial charge in [-0.2, -0.15) is 0 Å². The van der Waals surface area contributed by atoms with Crippen molar-refractivity contribution in [3.8, 4) is 0 Å². The second-order valence-electron chi connectivity index (χ2n) is 6.23. The van der Waals surface area contributed by atoms with Crippen LogP contribution in [0.15, 0.2) is 28.7 Å². The molecule has 4 heterocycles. The van der Waals surface area contributed by atoms with Crippen LogP contribution in [-0.2, 0) is 0 Å².